The highest BCUT2D eigenvalue weighted by Gasteiger charge is 2.31. The van der Waals surface area contributed by atoms with Crippen LogP contribution in [0.4, 0.5) is 0 Å². The molecule has 3 nitrogen and oxygen atoms in total. The molecular formula is C14H27NO2. The van der Waals surface area contributed by atoms with Gasteiger partial charge in [0, 0.05) is 5.54 Å². The van der Waals surface area contributed by atoms with Crippen molar-refractivity contribution < 1.29 is 9.53 Å². The zero-order valence-corrected chi connectivity index (χ0v) is 12.0. The van der Waals surface area contributed by atoms with Crippen molar-refractivity contribution in [1.29, 1.82) is 0 Å². The molecule has 1 fully saturated rings. The Balaban J connectivity index is 2.46. The highest BCUT2D eigenvalue weighted by molar-refractivity contribution is 5.75. The van der Waals surface area contributed by atoms with Gasteiger partial charge in [0.1, 0.15) is 6.61 Å². The molecule has 0 atom stereocenters. The van der Waals surface area contributed by atoms with Gasteiger partial charge in [-0.3, -0.25) is 9.69 Å². The molecule has 0 N–H and O–H groups in total. The summed E-state index contributed by atoms with van der Waals surface area (Å²) in [4.78, 5) is 14.2. The average Bonchev–Trinajstić information content (AvgIpc) is 2.26. The number of carbonyl (C=O) groups is 1. The normalized spacial score (nSPS) is 19.1. The molecule has 100 valence electrons. The standard InChI is InChI=1S/C14H27NO2/c1-13(2,3)12(16)17-11-14(4,5)15-9-7-6-8-10-15/h6-11H2,1-5H3. The number of hydrogen-bond donors (Lipinski definition) is 0. The number of nitrogens with zero attached hydrogens (tertiary/aromatic N) is 1. The van der Waals surface area contributed by atoms with E-state index in [0.717, 1.165) is 13.1 Å². The van der Waals surface area contributed by atoms with Crippen molar-refractivity contribution in [2.24, 2.45) is 5.41 Å². The molecule has 0 bridgehead atoms. The second-order valence-corrected chi connectivity index (χ2v) is 6.69. The summed E-state index contributed by atoms with van der Waals surface area (Å²) in [6.45, 7) is 12.7. The van der Waals surface area contributed by atoms with Crippen molar-refractivity contribution in [1.82, 2.24) is 4.90 Å². The minimum Gasteiger partial charge on any atom is -0.463 e. The lowest BCUT2D eigenvalue weighted by molar-refractivity contribution is -0.157. The molecule has 0 spiro atoms. The van der Waals surface area contributed by atoms with E-state index in [4.69, 9.17) is 4.74 Å². The maximum atomic E-state index is 11.8. The fourth-order valence-corrected chi connectivity index (χ4v) is 2.05. The lowest BCUT2D eigenvalue weighted by Gasteiger charge is -2.40. The van der Waals surface area contributed by atoms with Gasteiger partial charge in [0.2, 0.25) is 0 Å². The quantitative estimate of drug-likeness (QED) is 0.712. The highest BCUT2D eigenvalue weighted by Crippen LogP contribution is 2.22. The van der Waals surface area contributed by atoms with Crippen LogP contribution in [0, 0.1) is 5.41 Å². The van der Waals surface area contributed by atoms with Crippen LogP contribution in [-0.2, 0) is 9.53 Å². The summed E-state index contributed by atoms with van der Waals surface area (Å²) in [6, 6.07) is 0. The maximum Gasteiger partial charge on any atom is 0.311 e. The molecule has 1 heterocycles. The van der Waals surface area contributed by atoms with Gasteiger partial charge in [0.15, 0.2) is 0 Å². The number of piperidine rings is 1. The van der Waals surface area contributed by atoms with Crippen molar-refractivity contribution in [3.63, 3.8) is 0 Å². The molecule has 0 aliphatic carbocycles. The van der Waals surface area contributed by atoms with E-state index in [1.54, 1.807) is 0 Å². The van der Waals surface area contributed by atoms with Gasteiger partial charge in [-0.25, -0.2) is 0 Å². The van der Waals surface area contributed by atoms with Crippen LogP contribution in [0.1, 0.15) is 53.9 Å². The summed E-state index contributed by atoms with van der Waals surface area (Å²) < 4.78 is 5.44. The zero-order chi connectivity index (χ0) is 13.1. The number of esters is 1. The van der Waals surface area contributed by atoms with E-state index in [2.05, 4.69) is 18.7 Å². The van der Waals surface area contributed by atoms with Crippen molar-refractivity contribution in [3.8, 4) is 0 Å². The molecule has 1 aliphatic rings. The molecule has 0 unspecified atom stereocenters. The van der Waals surface area contributed by atoms with Gasteiger partial charge in [-0.1, -0.05) is 6.42 Å². The topological polar surface area (TPSA) is 29.5 Å². The first-order valence-electron chi connectivity index (χ1n) is 6.66. The van der Waals surface area contributed by atoms with E-state index in [0.29, 0.717) is 6.61 Å². The summed E-state index contributed by atoms with van der Waals surface area (Å²) in [5, 5.41) is 0. The van der Waals surface area contributed by atoms with Gasteiger partial charge in [-0.05, 0) is 60.5 Å². The number of carbonyl (C=O) groups excluding carboxylic acids is 1. The fourth-order valence-electron chi connectivity index (χ4n) is 2.05. The minimum atomic E-state index is -0.405. The monoisotopic (exact) mass is 241 g/mol. The van der Waals surface area contributed by atoms with Crippen LogP contribution in [0.2, 0.25) is 0 Å². The van der Waals surface area contributed by atoms with E-state index in [9.17, 15) is 4.79 Å². The Labute approximate surface area is 106 Å². The first-order chi connectivity index (χ1) is 7.73. The Morgan fingerprint density at radius 2 is 1.59 bits per heavy atom. The highest BCUT2D eigenvalue weighted by atomic mass is 16.5. The van der Waals surface area contributed by atoms with Gasteiger partial charge in [-0.2, -0.15) is 0 Å². The van der Waals surface area contributed by atoms with E-state index in [-0.39, 0.29) is 11.5 Å². The summed E-state index contributed by atoms with van der Waals surface area (Å²) in [6.07, 6.45) is 3.85. The number of likely N-dealkylation sites (tertiary alicyclic amines) is 1. The lowest BCUT2D eigenvalue weighted by atomic mass is 9.96. The third kappa shape index (κ3) is 4.30. The Bertz CT molecular complexity index is 260. The molecule has 0 saturated carbocycles. The summed E-state index contributed by atoms with van der Waals surface area (Å²) in [5.74, 6) is -0.109. The molecule has 0 aromatic carbocycles. The van der Waals surface area contributed by atoms with Crippen molar-refractivity contribution in [3.05, 3.63) is 0 Å². The van der Waals surface area contributed by atoms with E-state index >= 15 is 0 Å². The molecule has 0 amide bonds. The third-order valence-corrected chi connectivity index (χ3v) is 3.38. The van der Waals surface area contributed by atoms with Crippen LogP contribution in [0.5, 0.6) is 0 Å². The van der Waals surface area contributed by atoms with Crippen molar-refractivity contribution in [2.45, 2.75) is 59.4 Å². The van der Waals surface area contributed by atoms with E-state index in [1.807, 2.05) is 20.8 Å². The zero-order valence-electron chi connectivity index (χ0n) is 12.0. The van der Waals surface area contributed by atoms with Crippen LogP contribution >= 0.6 is 0 Å². The van der Waals surface area contributed by atoms with Gasteiger partial charge >= 0.3 is 5.97 Å². The summed E-state index contributed by atoms with van der Waals surface area (Å²) >= 11 is 0. The lowest BCUT2D eigenvalue weighted by Crippen LogP contribution is -2.50. The molecule has 0 radical (unpaired) electrons. The number of ether oxygens (including phenoxy) is 1. The molecular weight excluding hydrogens is 214 g/mol. The minimum absolute atomic E-state index is 0.0403. The van der Waals surface area contributed by atoms with E-state index < -0.39 is 5.41 Å². The van der Waals surface area contributed by atoms with Crippen LogP contribution in [0.25, 0.3) is 0 Å². The third-order valence-electron chi connectivity index (χ3n) is 3.38. The number of hydrogen-bond acceptors (Lipinski definition) is 3. The Hall–Kier alpha value is -0.570. The van der Waals surface area contributed by atoms with Crippen LogP contribution in [-0.4, -0.2) is 36.1 Å². The molecule has 1 saturated heterocycles. The molecule has 1 rings (SSSR count). The Kier molecular flexibility index (Phi) is 4.59. The fraction of sp³-hybridized carbons (Fsp3) is 0.929. The smallest absolute Gasteiger partial charge is 0.311 e. The Morgan fingerprint density at radius 3 is 2.06 bits per heavy atom. The van der Waals surface area contributed by atoms with Gasteiger partial charge in [0.25, 0.3) is 0 Å². The van der Waals surface area contributed by atoms with Crippen LogP contribution < -0.4 is 0 Å². The first kappa shape index (κ1) is 14.5. The summed E-state index contributed by atoms with van der Waals surface area (Å²) in [7, 11) is 0. The Morgan fingerprint density at radius 1 is 1.06 bits per heavy atom. The summed E-state index contributed by atoms with van der Waals surface area (Å²) in [5.41, 5.74) is -0.445. The largest absolute Gasteiger partial charge is 0.463 e. The van der Waals surface area contributed by atoms with Crippen molar-refractivity contribution >= 4 is 5.97 Å². The molecule has 3 heteroatoms. The molecule has 1 aliphatic heterocycles. The predicted octanol–water partition coefficient (Wildman–Crippen LogP) is 2.84. The second-order valence-electron chi connectivity index (χ2n) is 6.69. The maximum absolute atomic E-state index is 11.8. The number of rotatable bonds is 3. The molecule has 0 aromatic heterocycles. The molecule has 0 aromatic rings. The van der Waals surface area contributed by atoms with Crippen LogP contribution in [0.15, 0.2) is 0 Å². The van der Waals surface area contributed by atoms with Gasteiger partial charge in [0.05, 0.1) is 5.41 Å². The average molecular weight is 241 g/mol. The second kappa shape index (κ2) is 5.38. The molecule has 17 heavy (non-hydrogen) atoms. The SMILES string of the molecule is CC(C)(C)C(=O)OCC(C)(C)N1CCCCC1. The van der Waals surface area contributed by atoms with Gasteiger partial charge < -0.3 is 4.74 Å². The van der Waals surface area contributed by atoms with Crippen LogP contribution in [0.3, 0.4) is 0 Å². The predicted molar refractivity (Wildman–Crippen MR) is 69.9 cm³/mol. The van der Waals surface area contributed by atoms with Crippen molar-refractivity contribution in [2.75, 3.05) is 19.7 Å². The van der Waals surface area contributed by atoms with E-state index in [1.165, 1.54) is 19.3 Å². The van der Waals surface area contributed by atoms with Gasteiger partial charge in [-0.15, -0.1) is 0 Å². The first-order valence-corrected chi connectivity index (χ1v) is 6.66.